The number of carbonyl (C=O) groups is 3. The molecular weight excluding hydrogens is 328 g/mol. The molecule has 130 valence electrons. The number of hydrogen-bond acceptors (Lipinski definition) is 4. The Morgan fingerprint density at radius 2 is 1.92 bits per heavy atom. The summed E-state index contributed by atoms with van der Waals surface area (Å²) >= 11 is 1.62. The summed E-state index contributed by atoms with van der Waals surface area (Å²) in [5.74, 6) is -2.32. The molecule has 1 fully saturated rings. The predicted octanol–water partition coefficient (Wildman–Crippen LogP) is 1.99. The summed E-state index contributed by atoms with van der Waals surface area (Å²) in [4.78, 5) is 38.4. The molecule has 1 aliphatic heterocycles. The largest absolute Gasteiger partial charge is 0.480 e. The Morgan fingerprint density at radius 3 is 2.42 bits per heavy atom. The van der Waals surface area contributed by atoms with Crippen LogP contribution in [-0.2, 0) is 14.4 Å². The van der Waals surface area contributed by atoms with Crippen molar-refractivity contribution in [1.82, 2.24) is 5.32 Å². The zero-order chi connectivity index (χ0) is 17.9. The molecule has 0 radical (unpaired) electrons. The average molecular weight is 350 g/mol. The van der Waals surface area contributed by atoms with Crippen LogP contribution in [0.1, 0.15) is 20.3 Å². The van der Waals surface area contributed by atoms with Crippen LogP contribution in [0, 0.1) is 11.8 Å². The summed E-state index contributed by atoms with van der Waals surface area (Å²) < 4.78 is 0. The van der Waals surface area contributed by atoms with Gasteiger partial charge >= 0.3 is 5.97 Å². The van der Waals surface area contributed by atoms with Gasteiger partial charge < -0.3 is 15.3 Å². The van der Waals surface area contributed by atoms with Crippen LogP contribution in [0.4, 0.5) is 5.69 Å². The lowest BCUT2D eigenvalue weighted by molar-refractivity contribution is -0.143. The minimum atomic E-state index is -1.06. The third kappa shape index (κ3) is 4.08. The topological polar surface area (TPSA) is 86.7 Å². The van der Waals surface area contributed by atoms with Gasteiger partial charge in [-0.15, -0.1) is 11.8 Å². The first-order valence-electron chi connectivity index (χ1n) is 7.81. The van der Waals surface area contributed by atoms with Gasteiger partial charge in [-0.25, -0.2) is 4.79 Å². The van der Waals surface area contributed by atoms with Crippen molar-refractivity contribution in [2.45, 2.75) is 31.2 Å². The first-order valence-corrected chi connectivity index (χ1v) is 9.03. The Balaban J connectivity index is 2.05. The summed E-state index contributed by atoms with van der Waals surface area (Å²) in [5.41, 5.74) is 0.756. The van der Waals surface area contributed by atoms with E-state index < -0.39 is 17.9 Å². The van der Waals surface area contributed by atoms with Gasteiger partial charge in [0.05, 0.1) is 5.92 Å². The summed E-state index contributed by atoms with van der Waals surface area (Å²) in [7, 11) is 0. The molecule has 1 aromatic rings. The van der Waals surface area contributed by atoms with Crippen molar-refractivity contribution in [3.8, 4) is 0 Å². The van der Waals surface area contributed by atoms with E-state index in [2.05, 4.69) is 5.32 Å². The van der Waals surface area contributed by atoms with Crippen LogP contribution in [0.3, 0.4) is 0 Å². The molecule has 1 aliphatic rings. The second-order valence-corrected chi connectivity index (χ2v) is 7.05. The Morgan fingerprint density at radius 1 is 1.29 bits per heavy atom. The summed E-state index contributed by atoms with van der Waals surface area (Å²) in [6.45, 7) is 3.74. The smallest absolute Gasteiger partial charge is 0.326 e. The summed E-state index contributed by atoms with van der Waals surface area (Å²) in [6, 6.07) is 6.64. The fourth-order valence-electron chi connectivity index (χ4n) is 2.68. The molecule has 0 spiro atoms. The van der Waals surface area contributed by atoms with Crippen LogP contribution in [0.5, 0.6) is 0 Å². The molecule has 0 saturated carbocycles. The predicted molar refractivity (Wildman–Crippen MR) is 93.1 cm³/mol. The van der Waals surface area contributed by atoms with Gasteiger partial charge in [0.15, 0.2) is 0 Å². The molecule has 6 nitrogen and oxygen atoms in total. The SMILES string of the molecule is CSc1ccc(N2CC(C(=O)N[C@@H](C(=O)O)C(C)C)CC2=O)cc1. The highest BCUT2D eigenvalue weighted by atomic mass is 32.2. The first kappa shape index (κ1) is 18.3. The fraction of sp³-hybridized carbons (Fsp3) is 0.471. The van der Waals surface area contributed by atoms with Gasteiger partial charge in [0.25, 0.3) is 0 Å². The third-order valence-corrected chi connectivity index (χ3v) is 4.85. The van der Waals surface area contributed by atoms with Gasteiger partial charge in [-0.2, -0.15) is 0 Å². The molecule has 2 N–H and O–H groups in total. The molecule has 2 rings (SSSR count). The van der Waals surface area contributed by atoms with E-state index in [9.17, 15) is 19.5 Å². The van der Waals surface area contributed by atoms with Crippen molar-refractivity contribution in [3.63, 3.8) is 0 Å². The quantitative estimate of drug-likeness (QED) is 0.766. The van der Waals surface area contributed by atoms with E-state index in [0.29, 0.717) is 0 Å². The van der Waals surface area contributed by atoms with E-state index >= 15 is 0 Å². The normalized spacial score (nSPS) is 18.8. The van der Waals surface area contributed by atoms with Crippen LogP contribution in [0.2, 0.25) is 0 Å². The van der Waals surface area contributed by atoms with Gasteiger partial charge in [-0.05, 0) is 36.4 Å². The number of anilines is 1. The highest BCUT2D eigenvalue weighted by Gasteiger charge is 2.37. The Kier molecular flexibility index (Phi) is 5.88. The number of rotatable bonds is 6. The van der Waals surface area contributed by atoms with Crippen LogP contribution < -0.4 is 10.2 Å². The molecule has 2 amide bonds. The number of carboxylic acid groups (broad SMARTS) is 1. The van der Waals surface area contributed by atoms with Gasteiger partial charge in [0.1, 0.15) is 6.04 Å². The van der Waals surface area contributed by atoms with Gasteiger partial charge in [-0.3, -0.25) is 9.59 Å². The molecule has 2 atom stereocenters. The molecule has 24 heavy (non-hydrogen) atoms. The fourth-order valence-corrected chi connectivity index (χ4v) is 3.09. The Bertz CT molecular complexity index is 630. The highest BCUT2D eigenvalue weighted by Crippen LogP contribution is 2.27. The molecule has 1 heterocycles. The molecular formula is C17H22N2O4S. The molecule has 0 bridgehead atoms. The molecule has 0 aliphatic carbocycles. The van der Waals surface area contributed by atoms with Crippen molar-refractivity contribution in [1.29, 1.82) is 0 Å². The minimum absolute atomic E-state index is 0.0978. The maximum Gasteiger partial charge on any atom is 0.326 e. The van der Waals surface area contributed by atoms with Gasteiger partial charge in [0, 0.05) is 23.5 Å². The van der Waals surface area contributed by atoms with Gasteiger partial charge in [0.2, 0.25) is 11.8 Å². The number of benzene rings is 1. The van der Waals surface area contributed by atoms with E-state index in [-0.39, 0.29) is 30.7 Å². The van der Waals surface area contributed by atoms with Gasteiger partial charge in [-0.1, -0.05) is 13.8 Å². The number of thioether (sulfide) groups is 1. The van der Waals surface area contributed by atoms with Crippen molar-refractivity contribution in [3.05, 3.63) is 24.3 Å². The maximum atomic E-state index is 12.3. The number of carboxylic acids is 1. The van der Waals surface area contributed by atoms with E-state index in [1.165, 1.54) is 0 Å². The van der Waals surface area contributed by atoms with E-state index in [1.807, 2.05) is 30.5 Å². The van der Waals surface area contributed by atoms with Crippen molar-refractivity contribution < 1.29 is 19.5 Å². The molecule has 1 saturated heterocycles. The Labute approximate surface area is 145 Å². The molecule has 0 aromatic heterocycles. The lowest BCUT2D eigenvalue weighted by Crippen LogP contribution is -2.47. The summed E-state index contributed by atoms with van der Waals surface area (Å²) in [5, 5.41) is 11.7. The molecule has 7 heteroatoms. The number of amides is 2. The van der Waals surface area contributed by atoms with Crippen LogP contribution in [0.25, 0.3) is 0 Å². The zero-order valence-electron chi connectivity index (χ0n) is 14.0. The highest BCUT2D eigenvalue weighted by molar-refractivity contribution is 7.98. The maximum absolute atomic E-state index is 12.3. The third-order valence-electron chi connectivity index (χ3n) is 4.11. The number of carbonyl (C=O) groups excluding carboxylic acids is 2. The Hall–Kier alpha value is -2.02. The lowest BCUT2D eigenvalue weighted by atomic mass is 10.0. The van der Waals surface area contributed by atoms with Crippen LogP contribution in [0.15, 0.2) is 29.2 Å². The van der Waals surface area contributed by atoms with E-state index in [1.54, 1.807) is 30.5 Å². The molecule has 1 aromatic carbocycles. The summed E-state index contributed by atoms with van der Waals surface area (Å²) in [6.07, 6.45) is 2.07. The van der Waals surface area contributed by atoms with E-state index in [0.717, 1.165) is 10.6 Å². The lowest BCUT2D eigenvalue weighted by Gasteiger charge is -2.20. The molecule has 1 unspecified atom stereocenters. The van der Waals surface area contributed by atoms with Crippen LogP contribution >= 0.6 is 11.8 Å². The zero-order valence-corrected chi connectivity index (χ0v) is 14.8. The van der Waals surface area contributed by atoms with Crippen molar-refractivity contribution in [2.24, 2.45) is 11.8 Å². The first-order chi connectivity index (χ1) is 11.3. The van der Waals surface area contributed by atoms with E-state index in [4.69, 9.17) is 0 Å². The number of nitrogens with zero attached hydrogens (tertiary/aromatic N) is 1. The standard InChI is InChI=1S/C17H22N2O4S/c1-10(2)15(17(22)23)18-16(21)11-8-14(20)19(9-11)12-4-6-13(24-3)7-5-12/h4-7,10-11,15H,8-9H2,1-3H3,(H,18,21)(H,22,23)/t11?,15-/m1/s1. The number of nitrogens with one attached hydrogen (secondary N) is 1. The minimum Gasteiger partial charge on any atom is -0.480 e. The van der Waals surface area contributed by atoms with Crippen molar-refractivity contribution >= 4 is 35.2 Å². The second-order valence-electron chi connectivity index (χ2n) is 6.17. The number of aliphatic carboxylic acids is 1. The average Bonchev–Trinajstić information content (AvgIpc) is 2.93. The van der Waals surface area contributed by atoms with Crippen molar-refractivity contribution in [2.75, 3.05) is 17.7 Å². The number of hydrogen-bond donors (Lipinski definition) is 2. The second kappa shape index (κ2) is 7.70. The van der Waals surface area contributed by atoms with Crippen LogP contribution in [-0.4, -0.2) is 41.7 Å². The monoisotopic (exact) mass is 350 g/mol.